The number of hydrogen-bond donors (Lipinski definition) is 2. The van der Waals surface area contributed by atoms with Crippen molar-refractivity contribution in [2.24, 2.45) is 5.73 Å². The van der Waals surface area contributed by atoms with Crippen molar-refractivity contribution in [3.8, 4) is 5.88 Å². The second-order valence-corrected chi connectivity index (χ2v) is 2.92. The van der Waals surface area contributed by atoms with E-state index in [-0.39, 0.29) is 12.4 Å². The van der Waals surface area contributed by atoms with Crippen LogP contribution in [0.4, 0.5) is 13.6 Å². The molecule has 1 heterocycles. The highest BCUT2D eigenvalue weighted by molar-refractivity contribution is 5.71. The highest BCUT2D eigenvalue weighted by atomic mass is 19.3. The van der Waals surface area contributed by atoms with Crippen LogP contribution in [0.1, 0.15) is 5.56 Å². The molecule has 2 amide bonds. The van der Waals surface area contributed by atoms with Crippen LogP contribution in [0.15, 0.2) is 18.3 Å². The first-order valence-electron chi connectivity index (χ1n) is 4.47. The van der Waals surface area contributed by atoms with Gasteiger partial charge in [0, 0.05) is 18.8 Å². The number of carbonyl (C=O) groups excluding carboxylic acids is 1. The molecule has 0 atom stereocenters. The van der Waals surface area contributed by atoms with E-state index in [9.17, 15) is 13.6 Å². The average molecular weight is 231 g/mol. The maximum Gasteiger partial charge on any atom is 0.312 e. The summed E-state index contributed by atoms with van der Waals surface area (Å²) in [6.07, 6.45) is -1.15. The third-order valence-electron chi connectivity index (χ3n) is 1.62. The zero-order chi connectivity index (χ0) is 12.0. The molecule has 1 aromatic heterocycles. The number of rotatable bonds is 5. The smallest absolute Gasteiger partial charge is 0.312 e. The molecule has 0 bridgehead atoms. The number of carbonyl (C=O) groups is 1. The molecule has 0 radical (unpaired) electrons. The second-order valence-electron chi connectivity index (χ2n) is 2.92. The van der Waals surface area contributed by atoms with Gasteiger partial charge in [0.05, 0.1) is 0 Å². The van der Waals surface area contributed by atoms with Gasteiger partial charge >= 0.3 is 6.03 Å². The van der Waals surface area contributed by atoms with E-state index in [4.69, 9.17) is 10.5 Å². The number of ether oxygens (including phenoxy) is 1. The minimum Gasteiger partial charge on any atom is -0.472 e. The Balaban J connectivity index is 2.53. The summed E-state index contributed by atoms with van der Waals surface area (Å²) < 4.78 is 28.4. The minimum absolute atomic E-state index is 0.0871. The van der Waals surface area contributed by atoms with Crippen LogP contribution in [0, 0.1) is 0 Å². The number of alkyl halides is 2. The number of hydrogen-bond acceptors (Lipinski definition) is 3. The van der Waals surface area contributed by atoms with Gasteiger partial charge in [0.2, 0.25) is 5.88 Å². The number of nitrogens with two attached hydrogens (primary N) is 1. The van der Waals surface area contributed by atoms with Crippen molar-refractivity contribution in [2.45, 2.75) is 13.0 Å². The van der Waals surface area contributed by atoms with Crippen LogP contribution < -0.4 is 15.8 Å². The molecule has 1 rings (SSSR count). The first-order valence-corrected chi connectivity index (χ1v) is 4.47. The number of primary amides is 1. The Labute approximate surface area is 90.6 Å². The van der Waals surface area contributed by atoms with Gasteiger partial charge in [-0.25, -0.2) is 18.6 Å². The summed E-state index contributed by atoms with van der Waals surface area (Å²) in [6.45, 7) is -0.511. The molecule has 0 saturated carbocycles. The number of pyridine rings is 1. The number of urea groups is 1. The molecule has 0 aromatic carbocycles. The molecule has 5 nitrogen and oxygen atoms in total. The lowest BCUT2D eigenvalue weighted by molar-refractivity contribution is 0.0795. The SMILES string of the molecule is NC(=O)NCc1ccnc(OCC(F)F)c1. The molecule has 0 fully saturated rings. The van der Waals surface area contributed by atoms with Crippen LogP contribution >= 0.6 is 0 Å². The van der Waals surface area contributed by atoms with Crippen LogP contribution in [0.5, 0.6) is 5.88 Å². The van der Waals surface area contributed by atoms with Crippen LogP contribution in [0.3, 0.4) is 0 Å². The van der Waals surface area contributed by atoms with Crippen molar-refractivity contribution in [3.05, 3.63) is 23.9 Å². The van der Waals surface area contributed by atoms with Gasteiger partial charge < -0.3 is 15.8 Å². The van der Waals surface area contributed by atoms with Crippen LogP contribution in [-0.4, -0.2) is 24.0 Å². The average Bonchev–Trinajstić information content (AvgIpc) is 2.24. The van der Waals surface area contributed by atoms with Crippen molar-refractivity contribution in [1.29, 1.82) is 0 Å². The summed E-state index contributed by atoms with van der Waals surface area (Å²) in [6, 6.07) is 2.41. The maximum atomic E-state index is 11.8. The maximum absolute atomic E-state index is 11.8. The topological polar surface area (TPSA) is 77.2 Å². The summed E-state index contributed by atoms with van der Waals surface area (Å²) in [4.78, 5) is 14.2. The van der Waals surface area contributed by atoms with E-state index in [1.54, 1.807) is 6.07 Å². The zero-order valence-electron chi connectivity index (χ0n) is 8.32. The zero-order valence-corrected chi connectivity index (χ0v) is 8.32. The molecule has 0 spiro atoms. The largest absolute Gasteiger partial charge is 0.472 e. The highest BCUT2D eigenvalue weighted by Gasteiger charge is 2.05. The Hall–Kier alpha value is -1.92. The molecule has 7 heteroatoms. The monoisotopic (exact) mass is 231 g/mol. The molecule has 0 aliphatic carbocycles. The van der Waals surface area contributed by atoms with Gasteiger partial charge in [0.15, 0.2) is 6.61 Å². The summed E-state index contributed by atoms with van der Waals surface area (Å²) in [5, 5.41) is 2.36. The fraction of sp³-hybridized carbons (Fsp3) is 0.333. The van der Waals surface area contributed by atoms with Gasteiger partial charge in [-0.1, -0.05) is 0 Å². The van der Waals surface area contributed by atoms with Crippen LogP contribution in [0.2, 0.25) is 0 Å². The lowest BCUT2D eigenvalue weighted by Crippen LogP contribution is -2.28. The van der Waals surface area contributed by atoms with Crippen molar-refractivity contribution in [1.82, 2.24) is 10.3 Å². The summed E-state index contributed by atoms with van der Waals surface area (Å²) in [7, 11) is 0. The van der Waals surface area contributed by atoms with Crippen molar-refractivity contribution >= 4 is 6.03 Å². The molecule has 88 valence electrons. The first-order chi connectivity index (χ1) is 7.58. The standard InChI is InChI=1S/C9H11F2N3O2/c10-7(11)5-16-8-3-6(1-2-13-8)4-14-9(12)15/h1-3,7H,4-5H2,(H3,12,14,15). The Morgan fingerprint density at radius 3 is 3.00 bits per heavy atom. The van der Waals surface area contributed by atoms with Gasteiger partial charge in [-0.05, 0) is 11.6 Å². The summed E-state index contributed by atoms with van der Waals surface area (Å²) in [5.41, 5.74) is 5.55. The van der Waals surface area contributed by atoms with E-state index in [1.807, 2.05) is 0 Å². The molecule has 0 saturated heterocycles. The molecule has 0 aliphatic heterocycles. The third-order valence-corrected chi connectivity index (χ3v) is 1.62. The quantitative estimate of drug-likeness (QED) is 0.790. The Morgan fingerprint density at radius 1 is 1.62 bits per heavy atom. The van der Waals surface area contributed by atoms with Crippen LogP contribution in [0.25, 0.3) is 0 Å². The van der Waals surface area contributed by atoms with Crippen molar-refractivity contribution in [3.63, 3.8) is 0 Å². The van der Waals surface area contributed by atoms with Crippen LogP contribution in [-0.2, 0) is 6.54 Å². The molecule has 3 N–H and O–H groups in total. The Bertz CT molecular complexity index is 360. The lowest BCUT2D eigenvalue weighted by atomic mass is 10.2. The second kappa shape index (κ2) is 5.84. The molecular formula is C9H11F2N3O2. The van der Waals surface area contributed by atoms with E-state index < -0.39 is 19.1 Å². The number of amides is 2. The number of nitrogens with one attached hydrogen (secondary N) is 1. The van der Waals surface area contributed by atoms with Crippen molar-refractivity contribution < 1.29 is 18.3 Å². The number of aromatic nitrogens is 1. The predicted octanol–water partition coefficient (Wildman–Crippen LogP) is 0.894. The fourth-order valence-corrected chi connectivity index (χ4v) is 0.977. The normalized spacial score (nSPS) is 10.2. The summed E-state index contributed by atoms with van der Waals surface area (Å²) >= 11 is 0. The van der Waals surface area contributed by atoms with Gasteiger partial charge in [0.25, 0.3) is 6.43 Å². The lowest BCUT2D eigenvalue weighted by Gasteiger charge is -2.06. The molecule has 0 unspecified atom stereocenters. The van der Waals surface area contributed by atoms with E-state index in [2.05, 4.69) is 10.3 Å². The van der Waals surface area contributed by atoms with E-state index in [0.717, 1.165) is 0 Å². The minimum atomic E-state index is -2.55. The molecular weight excluding hydrogens is 220 g/mol. The predicted molar refractivity (Wildman–Crippen MR) is 52.2 cm³/mol. The highest BCUT2D eigenvalue weighted by Crippen LogP contribution is 2.10. The van der Waals surface area contributed by atoms with E-state index >= 15 is 0 Å². The number of nitrogens with zero attached hydrogens (tertiary/aromatic N) is 1. The Kier molecular flexibility index (Phi) is 4.43. The number of halogens is 2. The molecule has 16 heavy (non-hydrogen) atoms. The third kappa shape index (κ3) is 4.54. The Morgan fingerprint density at radius 2 is 2.38 bits per heavy atom. The van der Waals surface area contributed by atoms with Crippen molar-refractivity contribution in [2.75, 3.05) is 6.61 Å². The fourth-order valence-electron chi connectivity index (χ4n) is 0.977. The molecule has 0 aliphatic rings. The first kappa shape index (κ1) is 12.2. The van der Waals surface area contributed by atoms with Gasteiger partial charge in [-0.2, -0.15) is 0 Å². The van der Waals surface area contributed by atoms with E-state index in [1.165, 1.54) is 12.3 Å². The van der Waals surface area contributed by atoms with Gasteiger partial charge in [-0.15, -0.1) is 0 Å². The summed E-state index contributed by atoms with van der Waals surface area (Å²) in [5.74, 6) is 0.0871. The van der Waals surface area contributed by atoms with Gasteiger partial charge in [0.1, 0.15) is 0 Å². The van der Waals surface area contributed by atoms with Gasteiger partial charge in [-0.3, -0.25) is 0 Å². The van der Waals surface area contributed by atoms with E-state index in [0.29, 0.717) is 5.56 Å². The molecule has 1 aromatic rings.